The minimum atomic E-state index is -5.17. The van der Waals surface area contributed by atoms with E-state index in [1.54, 1.807) is 0 Å². The first-order chi connectivity index (χ1) is 15.2. The number of hydrogen-bond acceptors (Lipinski definition) is 0. The standard InChI is InChI=1S/C26H22F6/c1-2-3-4-5-15-6-9-19-16(10-15)7-8-17-11-21(22(27)14-20(17)19)18-12-23(28)25(24(29)13-18)26(30,31)32/h6,9-14H,2-5,7-8H2,1H3. The fourth-order valence-electron chi connectivity index (χ4n) is 4.42. The molecule has 32 heavy (non-hydrogen) atoms. The lowest BCUT2D eigenvalue weighted by atomic mass is 9.83. The van der Waals surface area contributed by atoms with Crippen LogP contribution in [0.4, 0.5) is 26.3 Å². The van der Waals surface area contributed by atoms with Gasteiger partial charge in [-0.05, 0) is 83.3 Å². The smallest absolute Gasteiger partial charge is 0.206 e. The number of unbranched alkanes of at least 4 members (excludes halogenated alkanes) is 2. The van der Waals surface area contributed by atoms with Crippen LogP contribution in [0.5, 0.6) is 0 Å². The zero-order chi connectivity index (χ0) is 23.0. The van der Waals surface area contributed by atoms with Gasteiger partial charge in [-0.1, -0.05) is 38.0 Å². The molecule has 0 spiro atoms. The van der Waals surface area contributed by atoms with Gasteiger partial charge in [0.2, 0.25) is 0 Å². The first-order valence-electron chi connectivity index (χ1n) is 10.7. The Bertz CT molecular complexity index is 1140. The van der Waals surface area contributed by atoms with Crippen LogP contribution in [0, 0.1) is 17.5 Å². The van der Waals surface area contributed by atoms with Gasteiger partial charge in [0.1, 0.15) is 23.0 Å². The molecule has 4 rings (SSSR count). The maximum Gasteiger partial charge on any atom is 0.422 e. The van der Waals surface area contributed by atoms with Gasteiger partial charge in [0.05, 0.1) is 0 Å². The molecule has 0 atom stereocenters. The zero-order valence-electron chi connectivity index (χ0n) is 17.6. The van der Waals surface area contributed by atoms with Gasteiger partial charge >= 0.3 is 6.18 Å². The van der Waals surface area contributed by atoms with E-state index >= 15 is 0 Å². The van der Waals surface area contributed by atoms with E-state index in [9.17, 15) is 26.3 Å². The number of alkyl halides is 3. The molecule has 6 heteroatoms. The lowest BCUT2D eigenvalue weighted by molar-refractivity contribution is -0.142. The summed E-state index contributed by atoms with van der Waals surface area (Å²) in [6.07, 6.45) is 0.604. The van der Waals surface area contributed by atoms with Crippen molar-refractivity contribution in [2.75, 3.05) is 0 Å². The van der Waals surface area contributed by atoms with E-state index < -0.39 is 29.2 Å². The average Bonchev–Trinajstić information content (AvgIpc) is 2.71. The van der Waals surface area contributed by atoms with Crippen LogP contribution in [0.1, 0.15) is 48.4 Å². The fourth-order valence-corrected chi connectivity index (χ4v) is 4.42. The molecule has 0 amide bonds. The number of rotatable bonds is 5. The van der Waals surface area contributed by atoms with Crippen molar-refractivity contribution in [1.29, 1.82) is 0 Å². The number of halogens is 6. The lowest BCUT2D eigenvalue weighted by Crippen LogP contribution is -2.11. The predicted octanol–water partition coefficient (Wildman–Crippen LogP) is 8.29. The van der Waals surface area contributed by atoms with Crippen molar-refractivity contribution in [2.45, 2.75) is 51.6 Å². The van der Waals surface area contributed by atoms with Crippen LogP contribution in [-0.4, -0.2) is 0 Å². The topological polar surface area (TPSA) is 0 Å². The minimum Gasteiger partial charge on any atom is -0.206 e. The zero-order valence-corrected chi connectivity index (χ0v) is 17.6. The monoisotopic (exact) mass is 448 g/mol. The molecule has 0 saturated heterocycles. The summed E-state index contributed by atoms with van der Waals surface area (Å²) in [7, 11) is 0. The Hall–Kier alpha value is -2.76. The van der Waals surface area contributed by atoms with E-state index in [1.807, 2.05) is 12.1 Å². The first kappa shape index (κ1) is 22.4. The molecular weight excluding hydrogens is 426 g/mol. The lowest BCUT2D eigenvalue weighted by Gasteiger charge is -2.22. The van der Waals surface area contributed by atoms with Crippen LogP contribution in [-0.2, 0) is 25.4 Å². The third kappa shape index (κ3) is 4.27. The van der Waals surface area contributed by atoms with Crippen molar-refractivity contribution in [2.24, 2.45) is 0 Å². The molecule has 0 N–H and O–H groups in total. The molecule has 0 radical (unpaired) electrons. The Morgan fingerprint density at radius 1 is 0.719 bits per heavy atom. The van der Waals surface area contributed by atoms with Gasteiger partial charge in [0.25, 0.3) is 0 Å². The van der Waals surface area contributed by atoms with Crippen LogP contribution in [0.3, 0.4) is 0 Å². The Morgan fingerprint density at radius 2 is 1.38 bits per heavy atom. The van der Waals surface area contributed by atoms with E-state index in [0.717, 1.165) is 42.4 Å². The molecule has 3 aromatic carbocycles. The van der Waals surface area contributed by atoms with Crippen LogP contribution < -0.4 is 0 Å². The molecule has 0 heterocycles. The Morgan fingerprint density at radius 3 is 2.00 bits per heavy atom. The molecule has 0 aromatic heterocycles. The summed E-state index contributed by atoms with van der Waals surface area (Å²) in [4.78, 5) is 0. The normalized spacial score (nSPS) is 13.1. The molecule has 0 aliphatic heterocycles. The Labute approximate surface area is 182 Å². The summed E-state index contributed by atoms with van der Waals surface area (Å²) in [6.45, 7) is 2.15. The quantitative estimate of drug-likeness (QED) is 0.272. The van der Waals surface area contributed by atoms with Gasteiger partial charge in [-0.15, -0.1) is 0 Å². The van der Waals surface area contributed by atoms with Crippen molar-refractivity contribution in [1.82, 2.24) is 0 Å². The van der Waals surface area contributed by atoms with E-state index in [1.165, 1.54) is 24.1 Å². The number of fused-ring (bicyclic) bond motifs is 3. The summed E-state index contributed by atoms with van der Waals surface area (Å²) in [5.41, 5.74) is 2.46. The second-order valence-electron chi connectivity index (χ2n) is 8.25. The molecule has 3 aromatic rings. The molecule has 0 bridgehead atoms. The number of aryl methyl sites for hydroxylation is 3. The maximum absolute atomic E-state index is 15.0. The summed E-state index contributed by atoms with van der Waals surface area (Å²) in [5, 5.41) is 0. The molecular formula is C26H22F6. The molecule has 0 fully saturated rings. The SMILES string of the molecule is CCCCCc1ccc2c(c1)CCc1cc(-c3cc(F)c(C(F)(F)F)c(F)c3)c(F)cc1-2. The van der Waals surface area contributed by atoms with Crippen molar-refractivity contribution >= 4 is 0 Å². The highest BCUT2D eigenvalue weighted by atomic mass is 19.4. The summed E-state index contributed by atoms with van der Waals surface area (Å²) in [6, 6.07) is 10.0. The van der Waals surface area contributed by atoms with Crippen molar-refractivity contribution < 1.29 is 26.3 Å². The van der Waals surface area contributed by atoms with Crippen molar-refractivity contribution in [3.8, 4) is 22.3 Å². The van der Waals surface area contributed by atoms with Crippen LogP contribution >= 0.6 is 0 Å². The molecule has 0 saturated carbocycles. The number of hydrogen-bond donors (Lipinski definition) is 0. The van der Waals surface area contributed by atoms with Crippen LogP contribution in [0.25, 0.3) is 22.3 Å². The van der Waals surface area contributed by atoms with Gasteiger partial charge < -0.3 is 0 Å². The molecule has 0 nitrogen and oxygen atoms in total. The summed E-state index contributed by atoms with van der Waals surface area (Å²) >= 11 is 0. The summed E-state index contributed by atoms with van der Waals surface area (Å²) < 4.78 is 81.6. The van der Waals surface area contributed by atoms with Crippen molar-refractivity contribution in [3.05, 3.63) is 82.2 Å². The van der Waals surface area contributed by atoms with Crippen LogP contribution in [0.15, 0.2) is 42.5 Å². The summed E-state index contributed by atoms with van der Waals surface area (Å²) in [5.74, 6) is -4.25. The number of benzene rings is 3. The van der Waals surface area contributed by atoms with E-state index in [0.29, 0.717) is 24.1 Å². The largest absolute Gasteiger partial charge is 0.422 e. The molecule has 168 valence electrons. The highest BCUT2D eigenvalue weighted by Crippen LogP contribution is 2.40. The highest BCUT2D eigenvalue weighted by molar-refractivity contribution is 5.78. The Balaban J connectivity index is 1.71. The first-order valence-corrected chi connectivity index (χ1v) is 10.7. The van der Waals surface area contributed by atoms with Gasteiger partial charge in [0.15, 0.2) is 0 Å². The van der Waals surface area contributed by atoms with Gasteiger partial charge in [-0.25, -0.2) is 13.2 Å². The fraction of sp³-hybridized carbons (Fsp3) is 0.308. The second kappa shape index (κ2) is 8.64. The maximum atomic E-state index is 15.0. The van der Waals surface area contributed by atoms with Gasteiger partial charge in [-0.2, -0.15) is 13.2 Å². The van der Waals surface area contributed by atoms with Gasteiger partial charge in [0, 0.05) is 5.56 Å². The van der Waals surface area contributed by atoms with E-state index in [4.69, 9.17) is 0 Å². The van der Waals surface area contributed by atoms with Crippen molar-refractivity contribution in [3.63, 3.8) is 0 Å². The van der Waals surface area contributed by atoms with Crippen LogP contribution in [0.2, 0.25) is 0 Å². The molecule has 1 aliphatic rings. The highest BCUT2D eigenvalue weighted by Gasteiger charge is 2.38. The second-order valence-corrected chi connectivity index (χ2v) is 8.25. The molecule has 1 aliphatic carbocycles. The van der Waals surface area contributed by atoms with Gasteiger partial charge in [-0.3, -0.25) is 0 Å². The average molecular weight is 448 g/mol. The molecule has 0 unspecified atom stereocenters. The Kier molecular flexibility index (Phi) is 6.06. The van der Waals surface area contributed by atoms with E-state index in [2.05, 4.69) is 13.0 Å². The minimum absolute atomic E-state index is 0.116. The van der Waals surface area contributed by atoms with E-state index in [-0.39, 0.29) is 11.1 Å². The predicted molar refractivity (Wildman–Crippen MR) is 113 cm³/mol. The third-order valence-electron chi connectivity index (χ3n) is 6.02. The third-order valence-corrected chi connectivity index (χ3v) is 6.02.